The summed E-state index contributed by atoms with van der Waals surface area (Å²) in [5, 5.41) is 4.05. The lowest BCUT2D eigenvalue weighted by atomic mass is 9.89. The molecule has 4 aromatic rings. The van der Waals surface area contributed by atoms with E-state index in [1.54, 1.807) is 24.1 Å². The van der Waals surface area contributed by atoms with Crippen LogP contribution in [0.5, 0.6) is 5.75 Å². The maximum atomic E-state index is 13.3. The Morgan fingerprint density at radius 2 is 1.90 bits per heavy atom. The van der Waals surface area contributed by atoms with E-state index >= 15 is 0 Å². The molecule has 1 atom stereocenters. The Labute approximate surface area is 232 Å². The Bertz CT molecular complexity index is 1500. The van der Waals surface area contributed by atoms with E-state index in [0.717, 1.165) is 26.2 Å². The maximum Gasteiger partial charge on any atom is 0.433 e. The highest BCUT2D eigenvalue weighted by molar-refractivity contribution is 7.99. The number of carbonyl (C=O) groups is 1. The number of para-hydroxylation sites is 1. The topological polar surface area (TPSA) is 59.4 Å². The van der Waals surface area contributed by atoms with Gasteiger partial charge in [0.25, 0.3) is 5.91 Å². The zero-order chi connectivity index (χ0) is 27.9. The molecule has 204 valence electrons. The molecule has 2 aromatic heterocycles. The Balaban J connectivity index is 1.35. The molecule has 3 heterocycles. The Kier molecular flexibility index (Phi) is 7.25. The summed E-state index contributed by atoms with van der Waals surface area (Å²) in [6.45, 7) is 4.03. The van der Waals surface area contributed by atoms with E-state index in [0.29, 0.717) is 22.6 Å². The van der Waals surface area contributed by atoms with E-state index in [1.807, 2.05) is 62.4 Å². The molecule has 0 saturated heterocycles. The van der Waals surface area contributed by atoms with Crippen molar-refractivity contribution in [3.8, 4) is 16.3 Å². The minimum absolute atomic E-state index is 0.124. The standard InChI is InChI=1S/C28H27F3N4O2S2/c1-27(2)16-21(33-39-25-13-12-23(38-25)20-15-24(28(29,30)31)35(4)32-20)19-14-17(10-11-22(19)37-27)26(36)34(3)18-8-6-5-7-9-18/h5-15,21,33H,16H2,1-4H3. The fraction of sp³-hybridized carbons (Fsp3) is 0.286. The number of aryl methyl sites for hydroxylation is 1. The van der Waals surface area contributed by atoms with Gasteiger partial charge < -0.3 is 9.64 Å². The van der Waals surface area contributed by atoms with Gasteiger partial charge in [0.2, 0.25) is 0 Å². The molecule has 11 heteroatoms. The summed E-state index contributed by atoms with van der Waals surface area (Å²) in [5.41, 5.74) is 1.29. The van der Waals surface area contributed by atoms with Crippen molar-refractivity contribution in [1.29, 1.82) is 0 Å². The van der Waals surface area contributed by atoms with E-state index in [-0.39, 0.29) is 17.6 Å². The number of benzene rings is 2. The van der Waals surface area contributed by atoms with Crippen molar-refractivity contribution in [2.45, 2.75) is 42.3 Å². The van der Waals surface area contributed by atoms with Crippen LogP contribution in [0, 0.1) is 0 Å². The number of nitrogens with zero attached hydrogens (tertiary/aromatic N) is 3. The number of fused-ring (bicyclic) bond motifs is 1. The van der Waals surface area contributed by atoms with Gasteiger partial charge >= 0.3 is 6.18 Å². The molecule has 0 radical (unpaired) electrons. The number of hydrogen-bond donors (Lipinski definition) is 1. The number of amides is 1. The third-order valence-corrected chi connectivity index (χ3v) is 8.61. The number of carbonyl (C=O) groups excluding carboxylic acids is 1. The largest absolute Gasteiger partial charge is 0.487 e. The molecule has 0 fully saturated rings. The molecule has 0 spiro atoms. The average molecular weight is 573 g/mol. The van der Waals surface area contributed by atoms with Gasteiger partial charge in [-0.1, -0.05) is 18.2 Å². The van der Waals surface area contributed by atoms with Crippen molar-refractivity contribution in [3.05, 3.63) is 83.6 Å². The number of aromatic nitrogens is 2. The molecule has 2 aromatic carbocycles. The summed E-state index contributed by atoms with van der Waals surface area (Å²) in [6, 6.07) is 19.5. The molecule has 1 amide bonds. The van der Waals surface area contributed by atoms with Crippen molar-refractivity contribution in [3.63, 3.8) is 0 Å². The van der Waals surface area contributed by atoms with E-state index in [4.69, 9.17) is 4.74 Å². The lowest BCUT2D eigenvalue weighted by molar-refractivity contribution is -0.143. The number of ether oxygens (including phenoxy) is 1. The van der Waals surface area contributed by atoms with Crippen LogP contribution in [0.1, 0.15) is 47.9 Å². The summed E-state index contributed by atoms with van der Waals surface area (Å²) < 4.78 is 51.0. The van der Waals surface area contributed by atoms with Crippen LogP contribution < -0.4 is 14.4 Å². The Hall–Kier alpha value is -3.28. The molecule has 1 aliphatic rings. The van der Waals surface area contributed by atoms with E-state index in [1.165, 1.54) is 30.3 Å². The van der Waals surface area contributed by atoms with Gasteiger partial charge in [0.15, 0.2) is 0 Å². The number of rotatable bonds is 6. The van der Waals surface area contributed by atoms with E-state index in [9.17, 15) is 18.0 Å². The van der Waals surface area contributed by atoms with Crippen LogP contribution in [0.2, 0.25) is 0 Å². The number of hydrogen-bond acceptors (Lipinski definition) is 6. The van der Waals surface area contributed by atoms with Crippen molar-refractivity contribution < 1.29 is 22.7 Å². The van der Waals surface area contributed by atoms with Crippen LogP contribution in [-0.2, 0) is 13.2 Å². The zero-order valence-electron chi connectivity index (χ0n) is 21.7. The van der Waals surface area contributed by atoms with Gasteiger partial charge in [-0.15, -0.1) is 11.3 Å². The van der Waals surface area contributed by atoms with E-state index in [2.05, 4.69) is 9.82 Å². The number of anilines is 1. The zero-order valence-corrected chi connectivity index (χ0v) is 23.4. The first-order chi connectivity index (χ1) is 18.4. The van der Waals surface area contributed by atoms with Crippen LogP contribution in [0.15, 0.2) is 70.9 Å². The molecule has 39 heavy (non-hydrogen) atoms. The minimum Gasteiger partial charge on any atom is -0.487 e. The first-order valence-corrected chi connectivity index (χ1v) is 13.8. The number of thiophene rings is 1. The highest BCUT2D eigenvalue weighted by atomic mass is 32.2. The van der Waals surface area contributed by atoms with Crippen LogP contribution in [0.4, 0.5) is 18.9 Å². The summed E-state index contributed by atoms with van der Waals surface area (Å²) in [5.74, 6) is 0.583. The smallest absolute Gasteiger partial charge is 0.433 e. The van der Waals surface area contributed by atoms with E-state index < -0.39 is 17.5 Å². The summed E-state index contributed by atoms with van der Waals surface area (Å²) in [7, 11) is 3.04. The molecule has 5 rings (SSSR count). The van der Waals surface area contributed by atoms with Gasteiger partial charge in [0.1, 0.15) is 22.7 Å². The van der Waals surface area contributed by atoms with Crippen molar-refractivity contribution >= 4 is 34.9 Å². The summed E-state index contributed by atoms with van der Waals surface area (Å²) in [6.07, 6.45) is -3.80. The first kappa shape index (κ1) is 27.3. The van der Waals surface area contributed by atoms with Crippen molar-refractivity contribution in [1.82, 2.24) is 14.5 Å². The Morgan fingerprint density at radius 1 is 1.15 bits per heavy atom. The van der Waals surface area contributed by atoms with Gasteiger partial charge in [-0.2, -0.15) is 18.3 Å². The molecular weight excluding hydrogens is 545 g/mol. The van der Waals surface area contributed by atoms with Crippen molar-refractivity contribution in [2.75, 3.05) is 11.9 Å². The van der Waals surface area contributed by atoms with Crippen LogP contribution in [0.3, 0.4) is 0 Å². The molecular formula is C28H27F3N4O2S2. The maximum absolute atomic E-state index is 13.3. The lowest BCUT2D eigenvalue weighted by Crippen LogP contribution is -2.38. The second-order valence-corrected chi connectivity index (χ2v) is 12.2. The van der Waals surface area contributed by atoms with Gasteiger partial charge in [-0.3, -0.25) is 14.2 Å². The highest BCUT2D eigenvalue weighted by Gasteiger charge is 2.36. The number of alkyl halides is 3. The monoisotopic (exact) mass is 572 g/mol. The van der Waals surface area contributed by atoms with Crippen molar-refractivity contribution in [2.24, 2.45) is 7.05 Å². The van der Waals surface area contributed by atoms with Gasteiger partial charge in [0.05, 0.1) is 9.09 Å². The fourth-order valence-electron chi connectivity index (χ4n) is 4.55. The molecule has 0 bridgehead atoms. The van der Waals surface area contributed by atoms with Crippen LogP contribution >= 0.6 is 23.3 Å². The molecule has 0 aliphatic carbocycles. The molecule has 6 nitrogen and oxygen atoms in total. The molecule has 1 aliphatic heterocycles. The fourth-order valence-corrected chi connectivity index (χ4v) is 6.43. The van der Waals surface area contributed by atoms with Crippen LogP contribution in [-0.4, -0.2) is 28.3 Å². The second-order valence-electron chi connectivity index (χ2n) is 9.95. The molecule has 1 N–H and O–H groups in total. The SMILES string of the molecule is CN(C(=O)c1ccc2c(c1)C(NSc1ccc(-c3cc(C(F)(F)F)n(C)n3)s1)CC(C)(C)O2)c1ccccc1. The Morgan fingerprint density at radius 3 is 2.59 bits per heavy atom. The summed E-state index contributed by atoms with van der Waals surface area (Å²) >= 11 is 2.76. The number of halogens is 3. The van der Waals surface area contributed by atoms with Gasteiger partial charge in [-0.05, 0) is 74.3 Å². The van der Waals surface area contributed by atoms with Gasteiger partial charge in [0, 0.05) is 43.4 Å². The summed E-state index contributed by atoms with van der Waals surface area (Å²) in [4.78, 5) is 15.5. The van der Waals surface area contributed by atoms with Crippen LogP contribution in [0.25, 0.3) is 10.6 Å². The quantitative estimate of drug-likeness (QED) is 0.245. The predicted octanol–water partition coefficient (Wildman–Crippen LogP) is 7.34. The predicted molar refractivity (Wildman–Crippen MR) is 148 cm³/mol. The second kappa shape index (κ2) is 10.4. The minimum atomic E-state index is -4.46. The third-order valence-electron chi connectivity index (χ3n) is 6.47. The third kappa shape index (κ3) is 5.85. The highest BCUT2D eigenvalue weighted by Crippen LogP contribution is 2.43. The molecule has 1 unspecified atom stereocenters. The molecule has 0 saturated carbocycles. The van der Waals surface area contributed by atoms with Gasteiger partial charge in [-0.25, -0.2) is 0 Å². The lowest BCUT2D eigenvalue weighted by Gasteiger charge is -2.38. The normalized spacial score (nSPS) is 16.4. The average Bonchev–Trinajstić information content (AvgIpc) is 3.52. The first-order valence-electron chi connectivity index (χ1n) is 12.2. The number of nitrogens with one attached hydrogen (secondary N) is 1.